The zero-order chi connectivity index (χ0) is 9.52. The van der Waals surface area contributed by atoms with Crippen molar-refractivity contribution >= 4 is 0 Å². The summed E-state index contributed by atoms with van der Waals surface area (Å²) in [5, 5.41) is 0. The van der Waals surface area contributed by atoms with Gasteiger partial charge in [0.15, 0.2) is 0 Å². The number of rotatable bonds is 5. The van der Waals surface area contributed by atoms with Gasteiger partial charge in [-0.2, -0.15) is 0 Å². The van der Waals surface area contributed by atoms with Gasteiger partial charge in [-0.05, 0) is 31.0 Å². The van der Waals surface area contributed by atoms with Gasteiger partial charge in [-0.15, -0.1) is 0 Å². The van der Waals surface area contributed by atoms with Crippen molar-refractivity contribution in [3.05, 3.63) is 36.8 Å². The average Bonchev–Trinajstić information content (AvgIpc) is 2.13. The fraction of sp³-hybridized carbons (Fsp3) is 0.417. The van der Waals surface area contributed by atoms with E-state index >= 15 is 0 Å². The molecular formula is C12H17O. The highest BCUT2D eigenvalue weighted by molar-refractivity contribution is 5.29. The summed E-state index contributed by atoms with van der Waals surface area (Å²) in [6, 6.07) is 7.88. The predicted molar refractivity (Wildman–Crippen MR) is 55.9 cm³/mol. The molecule has 13 heavy (non-hydrogen) atoms. The molecule has 71 valence electrons. The van der Waals surface area contributed by atoms with E-state index in [0.29, 0.717) is 0 Å². The molecule has 1 rings (SSSR count). The van der Waals surface area contributed by atoms with Crippen LogP contribution in [0.15, 0.2) is 24.3 Å². The Labute approximate surface area is 80.7 Å². The van der Waals surface area contributed by atoms with Gasteiger partial charge in [-0.3, -0.25) is 0 Å². The Hall–Kier alpha value is -0.980. The molecule has 1 nitrogen and oxygen atoms in total. The first-order valence-corrected chi connectivity index (χ1v) is 4.87. The minimum atomic E-state index is 0.817. The molecule has 0 amide bonds. The van der Waals surface area contributed by atoms with Gasteiger partial charge in [0.1, 0.15) is 5.75 Å². The maximum absolute atomic E-state index is 5.55. The van der Waals surface area contributed by atoms with Crippen molar-refractivity contribution in [3.63, 3.8) is 0 Å². The van der Waals surface area contributed by atoms with Gasteiger partial charge < -0.3 is 4.74 Å². The second-order valence-corrected chi connectivity index (χ2v) is 3.20. The lowest BCUT2D eigenvalue weighted by atomic mass is 10.2. The van der Waals surface area contributed by atoms with Crippen molar-refractivity contribution in [3.8, 4) is 5.75 Å². The van der Waals surface area contributed by atoms with Crippen LogP contribution in [-0.2, 0) is 0 Å². The maximum atomic E-state index is 5.55. The summed E-state index contributed by atoms with van der Waals surface area (Å²) in [5.41, 5.74) is 1.01. The second-order valence-electron chi connectivity index (χ2n) is 3.20. The predicted octanol–water partition coefficient (Wildman–Crippen LogP) is 3.44. The Morgan fingerprint density at radius 2 is 2.15 bits per heavy atom. The third-order valence-electron chi connectivity index (χ3n) is 1.92. The minimum Gasteiger partial charge on any atom is -0.494 e. The maximum Gasteiger partial charge on any atom is 0.119 e. The third kappa shape index (κ3) is 3.97. The van der Waals surface area contributed by atoms with Crippen molar-refractivity contribution in [2.24, 2.45) is 0 Å². The molecule has 1 aromatic carbocycles. The summed E-state index contributed by atoms with van der Waals surface area (Å²) in [6.45, 7) is 6.85. The average molecular weight is 177 g/mol. The van der Waals surface area contributed by atoms with E-state index in [4.69, 9.17) is 4.74 Å². The summed E-state index contributed by atoms with van der Waals surface area (Å²) < 4.78 is 5.55. The molecule has 1 aromatic rings. The van der Waals surface area contributed by atoms with E-state index in [1.807, 2.05) is 24.3 Å². The van der Waals surface area contributed by atoms with E-state index in [9.17, 15) is 0 Å². The van der Waals surface area contributed by atoms with Gasteiger partial charge in [0.05, 0.1) is 6.61 Å². The van der Waals surface area contributed by atoms with E-state index < -0.39 is 0 Å². The van der Waals surface area contributed by atoms with E-state index in [1.165, 1.54) is 12.8 Å². The van der Waals surface area contributed by atoms with Crippen LogP contribution in [0, 0.1) is 6.92 Å². The number of benzene rings is 1. The zero-order valence-corrected chi connectivity index (χ0v) is 8.25. The standard InChI is InChI=1S/C12H17O/c1-3-4-5-9-13-12-8-6-7-11(2)10-12/h6-8,10H,2-5,9H2,1H3. The van der Waals surface area contributed by atoms with Crippen LogP contribution in [0.25, 0.3) is 0 Å². The normalized spacial score (nSPS) is 10.0. The lowest BCUT2D eigenvalue weighted by molar-refractivity contribution is 0.306. The third-order valence-corrected chi connectivity index (χ3v) is 1.92. The SMILES string of the molecule is [CH2]c1cccc(OCCCCC)c1. The van der Waals surface area contributed by atoms with Gasteiger partial charge in [0.2, 0.25) is 0 Å². The van der Waals surface area contributed by atoms with Crippen LogP contribution >= 0.6 is 0 Å². The molecule has 0 unspecified atom stereocenters. The Kier molecular flexibility index (Phi) is 4.37. The highest BCUT2D eigenvalue weighted by atomic mass is 16.5. The Morgan fingerprint density at radius 3 is 2.85 bits per heavy atom. The van der Waals surface area contributed by atoms with Crippen LogP contribution in [0.4, 0.5) is 0 Å². The molecule has 0 aliphatic carbocycles. The smallest absolute Gasteiger partial charge is 0.119 e. The van der Waals surface area contributed by atoms with Crippen LogP contribution < -0.4 is 4.74 Å². The molecule has 0 saturated heterocycles. The topological polar surface area (TPSA) is 9.23 Å². The lowest BCUT2D eigenvalue weighted by Crippen LogP contribution is -1.96. The Bertz CT molecular complexity index is 243. The number of unbranched alkanes of at least 4 members (excludes halogenated alkanes) is 2. The summed E-state index contributed by atoms with van der Waals surface area (Å²) in [4.78, 5) is 0. The molecule has 0 heterocycles. The molecule has 0 aliphatic heterocycles. The van der Waals surface area contributed by atoms with Crippen molar-refractivity contribution in [2.75, 3.05) is 6.61 Å². The summed E-state index contributed by atoms with van der Waals surface area (Å²) in [6.07, 6.45) is 3.61. The van der Waals surface area contributed by atoms with E-state index in [1.54, 1.807) is 0 Å². The Balaban J connectivity index is 2.28. The van der Waals surface area contributed by atoms with Crippen molar-refractivity contribution < 1.29 is 4.74 Å². The first-order valence-electron chi connectivity index (χ1n) is 4.87. The molecule has 1 heteroatoms. The number of ether oxygens (including phenoxy) is 1. The van der Waals surface area contributed by atoms with Crippen LogP contribution in [0.2, 0.25) is 0 Å². The first kappa shape index (κ1) is 10.1. The summed E-state index contributed by atoms with van der Waals surface area (Å²) >= 11 is 0. The fourth-order valence-corrected chi connectivity index (χ4v) is 1.18. The molecule has 0 aliphatic rings. The summed E-state index contributed by atoms with van der Waals surface area (Å²) in [7, 11) is 0. The first-order chi connectivity index (χ1) is 6.33. The van der Waals surface area contributed by atoms with Crippen LogP contribution in [0.5, 0.6) is 5.75 Å². The van der Waals surface area contributed by atoms with Crippen LogP contribution in [0.1, 0.15) is 31.7 Å². The molecule has 1 radical (unpaired) electrons. The zero-order valence-electron chi connectivity index (χ0n) is 8.25. The second kappa shape index (κ2) is 5.63. The van der Waals surface area contributed by atoms with Crippen LogP contribution in [0.3, 0.4) is 0 Å². The van der Waals surface area contributed by atoms with E-state index in [0.717, 1.165) is 24.3 Å². The largest absolute Gasteiger partial charge is 0.494 e. The molecule has 0 aromatic heterocycles. The molecule has 0 spiro atoms. The van der Waals surface area contributed by atoms with Crippen LogP contribution in [-0.4, -0.2) is 6.61 Å². The number of hydrogen-bond donors (Lipinski definition) is 0. The van der Waals surface area contributed by atoms with Gasteiger partial charge in [0, 0.05) is 0 Å². The molecule has 0 N–H and O–H groups in total. The summed E-state index contributed by atoms with van der Waals surface area (Å²) in [5.74, 6) is 0.934. The van der Waals surface area contributed by atoms with Gasteiger partial charge in [-0.1, -0.05) is 31.9 Å². The molecule has 0 saturated carbocycles. The van der Waals surface area contributed by atoms with E-state index in [-0.39, 0.29) is 0 Å². The molecule has 0 fully saturated rings. The highest BCUT2D eigenvalue weighted by Gasteiger charge is 1.92. The van der Waals surface area contributed by atoms with E-state index in [2.05, 4.69) is 13.8 Å². The molecule has 0 bridgehead atoms. The van der Waals surface area contributed by atoms with Crippen molar-refractivity contribution in [2.45, 2.75) is 26.2 Å². The molecular weight excluding hydrogens is 160 g/mol. The monoisotopic (exact) mass is 177 g/mol. The van der Waals surface area contributed by atoms with Gasteiger partial charge in [0.25, 0.3) is 0 Å². The fourth-order valence-electron chi connectivity index (χ4n) is 1.18. The van der Waals surface area contributed by atoms with Crippen molar-refractivity contribution in [1.82, 2.24) is 0 Å². The highest BCUT2D eigenvalue weighted by Crippen LogP contribution is 2.12. The van der Waals surface area contributed by atoms with Crippen molar-refractivity contribution in [1.29, 1.82) is 0 Å². The number of hydrogen-bond acceptors (Lipinski definition) is 1. The lowest BCUT2D eigenvalue weighted by Gasteiger charge is -2.05. The van der Waals surface area contributed by atoms with Gasteiger partial charge >= 0.3 is 0 Å². The minimum absolute atomic E-state index is 0.817. The van der Waals surface area contributed by atoms with Gasteiger partial charge in [-0.25, -0.2) is 0 Å². The quantitative estimate of drug-likeness (QED) is 0.626. The molecule has 0 atom stereocenters. The Morgan fingerprint density at radius 1 is 1.31 bits per heavy atom.